The maximum Gasteiger partial charge on any atom is 0.0317 e. The number of hydrogen-bond donors (Lipinski definition) is 0. The van der Waals surface area contributed by atoms with Crippen LogP contribution in [0, 0.1) is 5.92 Å². The first kappa shape index (κ1) is 19.6. The molecular formula is C29H25BrS. The first-order valence-electron chi connectivity index (χ1n) is 11.2. The van der Waals surface area contributed by atoms with E-state index in [1.54, 1.807) is 11.1 Å². The minimum absolute atomic E-state index is 0.00471. The van der Waals surface area contributed by atoms with Gasteiger partial charge in [0, 0.05) is 19.7 Å². The summed E-state index contributed by atoms with van der Waals surface area (Å²) >= 11 is 5.84. The highest BCUT2D eigenvalue weighted by molar-refractivity contribution is 9.10. The Morgan fingerprint density at radius 1 is 1.03 bits per heavy atom. The third kappa shape index (κ3) is 3.10. The highest BCUT2D eigenvalue weighted by Crippen LogP contribution is 2.52. The Morgan fingerprint density at radius 2 is 1.90 bits per heavy atom. The number of halogens is 1. The predicted molar refractivity (Wildman–Crippen MR) is 136 cm³/mol. The summed E-state index contributed by atoms with van der Waals surface area (Å²) in [6, 6.07) is 13.7. The van der Waals surface area contributed by atoms with E-state index in [9.17, 15) is 0 Å². The van der Waals surface area contributed by atoms with Crippen molar-refractivity contribution >= 4 is 33.8 Å². The standard InChI is InChI=1S/C29H25BrS/c1-29-23-11-6-12-24(29)18-22-10-5-13-25(30)28(22)31-26-14-3-2-7-20(26)17-21-9-4-8-19(15-16-23)27(21)29/h3-6,8-16,24H,2,7,17-18H2,1H3/t24?,29-/m0/s1. The molecule has 1 unspecified atom stereocenters. The Kier molecular flexibility index (Phi) is 4.77. The third-order valence-corrected chi connectivity index (χ3v) is 9.69. The molecule has 2 heteroatoms. The molecule has 0 aromatic heterocycles. The summed E-state index contributed by atoms with van der Waals surface area (Å²) in [6.07, 6.45) is 20.8. The average molecular weight is 485 g/mol. The van der Waals surface area contributed by atoms with Crippen molar-refractivity contribution in [2.75, 3.05) is 0 Å². The van der Waals surface area contributed by atoms with Crippen LogP contribution in [0.25, 0.3) is 6.08 Å². The summed E-state index contributed by atoms with van der Waals surface area (Å²) in [6.45, 7) is 2.48. The number of thioether (sulfide) groups is 1. The highest BCUT2D eigenvalue weighted by atomic mass is 79.9. The predicted octanol–water partition coefficient (Wildman–Crippen LogP) is 8.34. The van der Waals surface area contributed by atoms with Crippen molar-refractivity contribution in [1.29, 1.82) is 0 Å². The molecule has 4 aliphatic rings. The molecule has 6 rings (SSSR count). The Morgan fingerprint density at radius 3 is 2.84 bits per heavy atom. The lowest BCUT2D eigenvalue weighted by molar-refractivity contribution is 0.399. The number of rotatable bonds is 0. The van der Waals surface area contributed by atoms with Crippen molar-refractivity contribution in [3.8, 4) is 0 Å². The number of benzene rings is 2. The van der Waals surface area contributed by atoms with E-state index in [-0.39, 0.29) is 5.41 Å². The third-order valence-electron chi connectivity index (χ3n) is 7.44. The molecule has 0 N–H and O–H groups in total. The van der Waals surface area contributed by atoms with Gasteiger partial charge in [-0.25, -0.2) is 0 Å². The van der Waals surface area contributed by atoms with Crippen LogP contribution in [0.1, 0.15) is 42.0 Å². The van der Waals surface area contributed by atoms with Gasteiger partial charge in [0.05, 0.1) is 0 Å². The second-order valence-electron chi connectivity index (χ2n) is 9.15. The number of hydrogen-bond acceptors (Lipinski definition) is 1. The van der Waals surface area contributed by atoms with Crippen LogP contribution in [0.15, 0.2) is 98.3 Å². The van der Waals surface area contributed by atoms with Gasteiger partial charge in [-0.15, -0.1) is 0 Å². The van der Waals surface area contributed by atoms with Gasteiger partial charge in [-0.05, 0) is 81.4 Å². The Labute approximate surface area is 197 Å². The summed E-state index contributed by atoms with van der Waals surface area (Å²) in [5, 5.41) is 0. The van der Waals surface area contributed by atoms with Gasteiger partial charge >= 0.3 is 0 Å². The molecule has 0 radical (unpaired) electrons. The van der Waals surface area contributed by atoms with Gasteiger partial charge < -0.3 is 0 Å². The van der Waals surface area contributed by atoms with Crippen LogP contribution in [0.5, 0.6) is 0 Å². The lowest BCUT2D eigenvalue weighted by Gasteiger charge is -2.44. The van der Waals surface area contributed by atoms with Crippen LogP contribution >= 0.6 is 27.7 Å². The van der Waals surface area contributed by atoms with E-state index in [1.165, 1.54) is 36.5 Å². The zero-order valence-corrected chi connectivity index (χ0v) is 20.1. The fraction of sp³-hybridized carbons (Fsp3) is 0.241. The average Bonchev–Trinajstić information content (AvgIpc) is 2.79. The molecule has 2 atom stereocenters. The quantitative estimate of drug-likeness (QED) is 0.361. The molecular weight excluding hydrogens is 460 g/mol. The van der Waals surface area contributed by atoms with E-state index in [0.717, 1.165) is 25.7 Å². The van der Waals surface area contributed by atoms with E-state index in [2.05, 4.69) is 102 Å². The van der Waals surface area contributed by atoms with Gasteiger partial charge in [0.1, 0.15) is 0 Å². The molecule has 0 fully saturated rings. The first-order chi connectivity index (χ1) is 15.1. The van der Waals surface area contributed by atoms with Crippen LogP contribution in [-0.2, 0) is 18.3 Å². The normalized spacial score (nSPS) is 25.9. The van der Waals surface area contributed by atoms with Crippen LogP contribution in [0.4, 0.5) is 0 Å². The molecule has 31 heavy (non-hydrogen) atoms. The van der Waals surface area contributed by atoms with E-state index in [1.807, 2.05) is 11.8 Å². The summed E-state index contributed by atoms with van der Waals surface area (Å²) in [5.74, 6) is 0.427. The summed E-state index contributed by atoms with van der Waals surface area (Å²) in [7, 11) is 0. The van der Waals surface area contributed by atoms with Crippen LogP contribution in [0.3, 0.4) is 0 Å². The fourth-order valence-electron chi connectivity index (χ4n) is 5.80. The number of fused-ring (bicyclic) bond motifs is 1. The first-order valence-corrected chi connectivity index (χ1v) is 12.8. The molecule has 1 heterocycles. The smallest absolute Gasteiger partial charge is 0.0317 e. The molecule has 3 aliphatic carbocycles. The van der Waals surface area contributed by atoms with E-state index in [0.29, 0.717) is 5.92 Å². The molecule has 0 saturated carbocycles. The van der Waals surface area contributed by atoms with Crippen molar-refractivity contribution < 1.29 is 0 Å². The van der Waals surface area contributed by atoms with Crippen molar-refractivity contribution in [2.24, 2.45) is 5.92 Å². The molecule has 0 spiro atoms. The summed E-state index contributed by atoms with van der Waals surface area (Å²) < 4.78 is 1.21. The second kappa shape index (κ2) is 7.53. The van der Waals surface area contributed by atoms with Crippen molar-refractivity contribution in [1.82, 2.24) is 0 Å². The van der Waals surface area contributed by atoms with Crippen LogP contribution < -0.4 is 0 Å². The molecule has 0 amide bonds. The zero-order chi connectivity index (χ0) is 21.0. The van der Waals surface area contributed by atoms with Gasteiger partial charge in [0.2, 0.25) is 0 Å². The van der Waals surface area contributed by atoms with Crippen molar-refractivity contribution in [2.45, 2.75) is 42.9 Å². The fourth-order valence-corrected chi connectivity index (χ4v) is 7.60. The van der Waals surface area contributed by atoms with Crippen molar-refractivity contribution in [3.05, 3.63) is 116 Å². The van der Waals surface area contributed by atoms with E-state index < -0.39 is 0 Å². The van der Waals surface area contributed by atoms with Gasteiger partial charge in [0.15, 0.2) is 0 Å². The Balaban J connectivity index is 1.64. The molecule has 0 bridgehead atoms. The topological polar surface area (TPSA) is 0 Å². The van der Waals surface area contributed by atoms with Crippen molar-refractivity contribution in [3.63, 3.8) is 0 Å². The number of allylic oxidation sites excluding steroid dienone is 8. The monoisotopic (exact) mass is 484 g/mol. The van der Waals surface area contributed by atoms with E-state index in [4.69, 9.17) is 0 Å². The summed E-state index contributed by atoms with van der Waals surface area (Å²) in [5.41, 5.74) is 8.91. The Hall–Kier alpha value is -2.03. The molecule has 0 nitrogen and oxygen atoms in total. The molecule has 2 aromatic carbocycles. The molecule has 2 aromatic rings. The zero-order valence-electron chi connectivity index (χ0n) is 17.7. The Bertz CT molecular complexity index is 1240. The minimum Gasteiger partial charge on any atom is -0.0887 e. The van der Waals surface area contributed by atoms with Gasteiger partial charge in [-0.1, -0.05) is 97.1 Å². The molecule has 154 valence electrons. The SMILES string of the molecule is C[C@]12C3=CC=CC1Cc1cccc(Br)c1SC1=C(CCC=C1)Cc1cccc(c12)C=C3. The minimum atomic E-state index is -0.00471. The van der Waals surface area contributed by atoms with Crippen LogP contribution in [-0.4, -0.2) is 0 Å². The van der Waals surface area contributed by atoms with Gasteiger partial charge in [0.25, 0.3) is 0 Å². The molecule has 1 aliphatic heterocycles. The maximum absolute atomic E-state index is 3.88. The second-order valence-corrected chi connectivity index (χ2v) is 11.1. The highest BCUT2D eigenvalue weighted by Gasteiger charge is 2.43. The molecule has 0 saturated heterocycles. The lowest BCUT2D eigenvalue weighted by atomic mass is 9.59. The lowest BCUT2D eigenvalue weighted by Crippen LogP contribution is -2.38. The van der Waals surface area contributed by atoms with Crippen LogP contribution in [0.2, 0.25) is 0 Å². The van der Waals surface area contributed by atoms with E-state index >= 15 is 0 Å². The van der Waals surface area contributed by atoms with Gasteiger partial charge in [-0.3, -0.25) is 0 Å². The largest absolute Gasteiger partial charge is 0.0887 e. The maximum atomic E-state index is 3.88. The summed E-state index contributed by atoms with van der Waals surface area (Å²) in [4.78, 5) is 2.82. The van der Waals surface area contributed by atoms with Gasteiger partial charge in [-0.2, -0.15) is 0 Å².